The molecular formula is C5H11NO2S. The summed E-state index contributed by atoms with van der Waals surface area (Å²) in [5.74, 6) is 0.472. The van der Waals surface area contributed by atoms with E-state index < -0.39 is 10.8 Å². The summed E-state index contributed by atoms with van der Waals surface area (Å²) in [6.07, 6.45) is 1.61. The van der Waals surface area contributed by atoms with Gasteiger partial charge in [0.25, 0.3) is 0 Å². The summed E-state index contributed by atoms with van der Waals surface area (Å²) in [6.45, 7) is 1.96. The number of carbonyl (C=O) groups is 1. The molecule has 0 rings (SSSR count). The van der Waals surface area contributed by atoms with Gasteiger partial charge in [-0.1, -0.05) is 0 Å². The molecule has 0 radical (unpaired) electrons. The highest BCUT2D eigenvalue weighted by Crippen LogP contribution is 1.70. The van der Waals surface area contributed by atoms with Gasteiger partial charge in [-0.15, -0.1) is 0 Å². The van der Waals surface area contributed by atoms with Crippen LogP contribution in [0.4, 0.5) is 0 Å². The van der Waals surface area contributed by atoms with Crippen molar-refractivity contribution < 1.29 is 9.00 Å². The topological polar surface area (TPSA) is 46.2 Å². The molecule has 0 aliphatic heterocycles. The average molecular weight is 149 g/mol. The zero-order chi connectivity index (χ0) is 7.28. The van der Waals surface area contributed by atoms with Crippen LogP contribution in [0.25, 0.3) is 0 Å². The average Bonchev–Trinajstić information content (AvgIpc) is 1.63. The van der Waals surface area contributed by atoms with Crippen LogP contribution in [0.15, 0.2) is 0 Å². The molecule has 9 heavy (non-hydrogen) atoms. The van der Waals surface area contributed by atoms with Crippen LogP contribution in [0.3, 0.4) is 0 Å². The Balaban J connectivity index is 3.10. The van der Waals surface area contributed by atoms with Crippen LogP contribution in [-0.4, -0.2) is 28.7 Å². The number of hydrogen-bond acceptors (Lipinski definition) is 2. The van der Waals surface area contributed by atoms with Gasteiger partial charge in [-0.25, -0.2) is 0 Å². The van der Waals surface area contributed by atoms with E-state index >= 15 is 0 Å². The van der Waals surface area contributed by atoms with Crippen LogP contribution in [0, 0.1) is 0 Å². The molecule has 0 aliphatic carbocycles. The van der Waals surface area contributed by atoms with Gasteiger partial charge in [-0.3, -0.25) is 9.00 Å². The fraction of sp³-hybridized carbons (Fsp3) is 0.800. The van der Waals surface area contributed by atoms with Crippen molar-refractivity contribution in [3.63, 3.8) is 0 Å². The number of nitrogens with one attached hydrogen (secondary N) is 1. The molecule has 3 nitrogen and oxygen atoms in total. The summed E-state index contributed by atoms with van der Waals surface area (Å²) in [5.41, 5.74) is 0. The number of amides is 1. The summed E-state index contributed by atoms with van der Waals surface area (Å²) in [5, 5.41) is 2.54. The van der Waals surface area contributed by atoms with E-state index in [9.17, 15) is 9.00 Å². The SMILES string of the molecule is CC(=O)NCC[S@@](C)=O. The molecule has 0 saturated carbocycles. The molecule has 0 bridgehead atoms. The molecule has 0 heterocycles. The molecule has 1 amide bonds. The lowest BCUT2D eigenvalue weighted by molar-refractivity contribution is -0.118. The second-order valence-corrected chi connectivity index (χ2v) is 3.31. The van der Waals surface area contributed by atoms with Gasteiger partial charge < -0.3 is 5.32 Å². The molecule has 0 aromatic rings. The first-order valence-electron chi connectivity index (χ1n) is 2.67. The Kier molecular flexibility index (Phi) is 4.30. The third kappa shape index (κ3) is 7.62. The van der Waals surface area contributed by atoms with Gasteiger partial charge in [-0.05, 0) is 0 Å². The smallest absolute Gasteiger partial charge is 0.216 e. The fourth-order valence-corrected chi connectivity index (χ4v) is 0.760. The normalized spacial score (nSPS) is 12.7. The highest BCUT2D eigenvalue weighted by molar-refractivity contribution is 7.84. The zero-order valence-corrected chi connectivity index (χ0v) is 6.46. The van der Waals surface area contributed by atoms with Gasteiger partial charge in [0, 0.05) is 36.3 Å². The first kappa shape index (κ1) is 8.62. The van der Waals surface area contributed by atoms with Gasteiger partial charge in [0.2, 0.25) is 5.91 Å². The van der Waals surface area contributed by atoms with Gasteiger partial charge in [0.1, 0.15) is 0 Å². The Morgan fingerprint density at radius 2 is 2.22 bits per heavy atom. The van der Waals surface area contributed by atoms with Crippen LogP contribution in [0.5, 0.6) is 0 Å². The van der Waals surface area contributed by atoms with E-state index in [1.165, 1.54) is 6.92 Å². The van der Waals surface area contributed by atoms with Crippen LogP contribution >= 0.6 is 0 Å². The van der Waals surface area contributed by atoms with Crippen molar-refractivity contribution in [2.24, 2.45) is 0 Å². The Hall–Kier alpha value is -0.380. The Labute approximate surface area is 57.3 Å². The second kappa shape index (κ2) is 4.49. The minimum absolute atomic E-state index is 0.0690. The van der Waals surface area contributed by atoms with Crippen molar-refractivity contribution in [1.82, 2.24) is 5.32 Å². The number of carbonyl (C=O) groups excluding carboxylic acids is 1. The lowest BCUT2D eigenvalue weighted by Crippen LogP contribution is -2.24. The molecule has 1 N–H and O–H groups in total. The van der Waals surface area contributed by atoms with Crippen LogP contribution < -0.4 is 5.32 Å². The molecule has 54 valence electrons. The van der Waals surface area contributed by atoms with Gasteiger partial charge in [0.05, 0.1) is 0 Å². The largest absolute Gasteiger partial charge is 0.355 e. The predicted molar refractivity (Wildman–Crippen MR) is 37.6 cm³/mol. The first-order chi connectivity index (χ1) is 4.13. The minimum atomic E-state index is -0.797. The maximum atomic E-state index is 10.4. The van der Waals surface area contributed by atoms with Crippen molar-refractivity contribution in [3.05, 3.63) is 0 Å². The Morgan fingerprint density at radius 3 is 2.56 bits per heavy atom. The summed E-state index contributed by atoms with van der Waals surface area (Å²) in [7, 11) is -0.797. The standard InChI is InChI=1S/C5H11NO2S/c1-5(7)6-3-4-9(2)8/h3-4H2,1-2H3,(H,6,7)/t9-/m1/s1. The van der Waals surface area contributed by atoms with E-state index in [1.54, 1.807) is 6.26 Å². The molecule has 0 fully saturated rings. The number of rotatable bonds is 3. The minimum Gasteiger partial charge on any atom is -0.355 e. The molecule has 1 atom stereocenters. The van der Waals surface area contributed by atoms with E-state index in [0.29, 0.717) is 12.3 Å². The van der Waals surface area contributed by atoms with Gasteiger partial charge in [-0.2, -0.15) is 0 Å². The van der Waals surface area contributed by atoms with Crippen molar-refractivity contribution >= 4 is 16.7 Å². The van der Waals surface area contributed by atoms with Crippen molar-refractivity contribution in [3.8, 4) is 0 Å². The monoisotopic (exact) mass is 149 g/mol. The molecule has 0 spiro atoms. The highest BCUT2D eigenvalue weighted by Gasteiger charge is 1.91. The van der Waals surface area contributed by atoms with E-state index in [1.807, 2.05) is 0 Å². The van der Waals surface area contributed by atoms with Crippen molar-refractivity contribution in [1.29, 1.82) is 0 Å². The van der Waals surface area contributed by atoms with Crippen molar-refractivity contribution in [2.75, 3.05) is 18.6 Å². The van der Waals surface area contributed by atoms with Crippen LogP contribution in [-0.2, 0) is 15.6 Å². The van der Waals surface area contributed by atoms with Crippen LogP contribution in [0.2, 0.25) is 0 Å². The lowest BCUT2D eigenvalue weighted by atomic mass is 10.6. The molecule has 0 aromatic heterocycles. The summed E-state index contributed by atoms with van der Waals surface area (Å²) in [4.78, 5) is 10.2. The second-order valence-electron chi connectivity index (χ2n) is 1.76. The quantitative estimate of drug-likeness (QED) is 0.588. The van der Waals surface area contributed by atoms with Gasteiger partial charge >= 0.3 is 0 Å². The maximum absolute atomic E-state index is 10.4. The van der Waals surface area contributed by atoms with Gasteiger partial charge in [0.15, 0.2) is 0 Å². The summed E-state index contributed by atoms with van der Waals surface area (Å²) in [6, 6.07) is 0. The molecular weight excluding hydrogens is 138 g/mol. The summed E-state index contributed by atoms with van der Waals surface area (Å²) >= 11 is 0. The Bertz CT molecular complexity index is 110. The first-order valence-corrected chi connectivity index (χ1v) is 4.40. The fourth-order valence-electron chi connectivity index (χ4n) is 0.371. The molecule has 0 unspecified atom stereocenters. The zero-order valence-electron chi connectivity index (χ0n) is 5.64. The molecule has 4 heteroatoms. The van der Waals surface area contributed by atoms with Crippen molar-refractivity contribution in [2.45, 2.75) is 6.92 Å². The van der Waals surface area contributed by atoms with E-state index in [4.69, 9.17) is 0 Å². The van der Waals surface area contributed by atoms with E-state index in [2.05, 4.69) is 5.32 Å². The molecule has 0 saturated heterocycles. The van der Waals surface area contributed by atoms with E-state index in [0.717, 1.165) is 0 Å². The molecule has 0 aromatic carbocycles. The highest BCUT2D eigenvalue weighted by atomic mass is 32.2. The van der Waals surface area contributed by atoms with Crippen LogP contribution in [0.1, 0.15) is 6.92 Å². The number of hydrogen-bond donors (Lipinski definition) is 1. The Morgan fingerprint density at radius 1 is 1.67 bits per heavy atom. The van der Waals surface area contributed by atoms with E-state index in [-0.39, 0.29) is 5.91 Å². The lowest BCUT2D eigenvalue weighted by Gasteiger charge is -1.96. The maximum Gasteiger partial charge on any atom is 0.216 e. The summed E-state index contributed by atoms with van der Waals surface area (Å²) < 4.78 is 10.4. The third-order valence-corrected chi connectivity index (χ3v) is 1.54. The third-order valence-electron chi connectivity index (χ3n) is 0.763. The molecule has 0 aliphatic rings. The predicted octanol–water partition coefficient (Wildman–Crippen LogP) is -0.499.